The number of hydrogen-bond acceptors (Lipinski definition) is 3. The molecule has 0 atom stereocenters. The fourth-order valence-corrected chi connectivity index (χ4v) is 2.21. The average Bonchev–Trinajstić information content (AvgIpc) is 2.38. The lowest BCUT2D eigenvalue weighted by Crippen LogP contribution is -2.22. The van der Waals surface area contributed by atoms with Crippen LogP contribution in [0.5, 0.6) is 0 Å². The Labute approximate surface area is 107 Å². The average molecular weight is 248 g/mol. The third-order valence-corrected chi connectivity index (χ3v) is 3.20. The predicted molar refractivity (Wildman–Crippen MR) is 71.7 cm³/mol. The first-order chi connectivity index (χ1) is 8.24. The van der Waals surface area contributed by atoms with Crippen molar-refractivity contribution >= 4 is 23.5 Å². The molecule has 0 aliphatic heterocycles. The quantitative estimate of drug-likeness (QED) is 0.594. The van der Waals surface area contributed by atoms with Gasteiger partial charge in [0.2, 0.25) is 0 Å². The molecule has 0 fully saturated rings. The van der Waals surface area contributed by atoms with Crippen molar-refractivity contribution in [3.63, 3.8) is 0 Å². The maximum Gasteiger partial charge on any atom is 0.339 e. The first-order valence-corrected chi connectivity index (χ1v) is 6.79. The summed E-state index contributed by atoms with van der Waals surface area (Å²) in [7, 11) is 0. The number of hydrogen-bond donors (Lipinski definition) is 0. The highest BCUT2D eigenvalue weighted by Crippen LogP contribution is 2.26. The van der Waals surface area contributed by atoms with E-state index in [2.05, 4.69) is 6.92 Å². The predicted octanol–water partition coefficient (Wildman–Crippen LogP) is 3.16. The number of anilines is 1. The monoisotopic (exact) mass is 248 g/mol. The molecule has 0 unspecified atom stereocenters. The minimum atomic E-state index is -0.526. The van der Waals surface area contributed by atoms with Crippen molar-refractivity contribution in [3.05, 3.63) is 29.8 Å². The SMILES string of the molecule is CCCCc1ccccc1N(SC)C(=O)C#N. The smallest absolute Gasteiger partial charge is 0.256 e. The zero-order chi connectivity index (χ0) is 12.7. The number of aryl methyl sites for hydroxylation is 1. The van der Waals surface area contributed by atoms with Gasteiger partial charge in [0.25, 0.3) is 0 Å². The van der Waals surface area contributed by atoms with Gasteiger partial charge in [0.15, 0.2) is 6.07 Å². The van der Waals surface area contributed by atoms with E-state index < -0.39 is 5.91 Å². The Bertz CT molecular complexity index is 426. The van der Waals surface area contributed by atoms with E-state index in [1.165, 1.54) is 16.3 Å². The summed E-state index contributed by atoms with van der Waals surface area (Å²) in [6.07, 6.45) is 4.92. The number of carbonyl (C=O) groups is 1. The van der Waals surface area contributed by atoms with Gasteiger partial charge in [-0.3, -0.25) is 4.79 Å². The van der Waals surface area contributed by atoms with Gasteiger partial charge in [-0.1, -0.05) is 31.5 Å². The lowest BCUT2D eigenvalue weighted by atomic mass is 10.1. The molecule has 0 bridgehead atoms. The van der Waals surface area contributed by atoms with Gasteiger partial charge < -0.3 is 0 Å². The van der Waals surface area contributed by atoms with Gasteiger partial charge in [0.05, 0.1) is 5.69 Å². The number of rotatable bonds is 5. The highest BCUT2D eigenvalue weighted by atomic mass is 32.2. The second kappa shape index (κ2) is 6.97. The van der Waals surface area contributed by atoms with Crippen LogP contribution in [0, 0.1) is 11.3 Å². The topological polar surface area (TPSA) is 44.1 Å². The molecule has 1 aromatic carbocycles. The molecule has 1 rings (SSSR count). The number of amides is 1. The zero-order valence-electron chi connectivity index (χ0n) is 10.1. The molecule has 3 nitrogen and oxygen atoms in total. The van der Waals surface area contributed by atoms with Gasteiger partial charge in [-0.15, -0.1) is 0 Å². The molecule has 1 aromatic rings. The third kappa shape index (κ3) is 3.50. The standard InChI is InChI=1S/C13H16N2OS/c1-3-4-7-11-8-5-6-9-12(11)15(17-2)13(16)10-14/h5-6,8-9H,3-4,7H2,1-2H3. The molecule has 17 heavy (non-hydrogen) atoms. The molecule has 0 radical (unpaired) electrons. The van der Waals surface area contributed by atoms with Crippen LogP contribution in [0.4, 0.5) is 5.69 Å². The first-order valence-electron chi connectivity index (χ1n) is 5.60. The fourth-order valence-electron chi connectivity index (χ4n) is 1.62. The molecular formula is C13H16N2OS. The van der Waals surface area contributed by atoms with Crippen molar-refractivity contribution in [2.75, 3.05) is 10.6 Å². The summed E-state index contributed by atoms with van der Waals surface area (Å²) < 4.78 is 1.45. The molecule has 90 valence electrons. The normalized spacial score (nSPS) is 9.71. The number of benzene rings is 1. The molecule has 0 aromatic heterocycles. The third-order valence-electron chi connectivity index (χ3n) is 2.47. The molecule has 0 aliphatic carbocycles. The summed E-state index contributed by atoms with van der Waals surface area (Å²) in [5.74, 6) is -0.526. The van der Waals surface area contributed by atoms with Crippen molar-refractivity contribution in [2.24, 2.45) is 0 Å². The highest BCUT2D eigenvalue weighted by Gasteiger charge is 2.16. The molecule has 1 amide bonds. The second-order valence-electron chi connectivity index (χ2n) is 3.63. The van der Waals surface area contributed by atoms with Crippen LogP contribution in [0.25, 0.3) is 0 Å². The van der Waals surface area contributed by atoms with E-state index in [4.69, 9.17) is 5.26 Å². The molecule has 0 N–H and O–H groups in total. The summed E-state index contributed by atoms with van der Waals surface area (Å²) in [5.41, 5.74) is 1.95. The molecule has 0 heterocycles. The van der Waals surface area contributed by atoms with Gasteiger partial charge in [0.1, 0.15) is 0 Å². The number of unbranched alkanes of at least 4 members (excludes halogenated alkanes) is 1. The minimum Gasteiger partial charge on any atom is -0.256 e. The van der Waals surface area contributed by atoms with Crippen LogP contribution in [0.1, 0.15) is 25.3 Å². The van der Waals surface area contributed by atoms with Crippen LogP contribution in [-0.2, 0) is 11.2 Å². The van der Waals surface area contributed by atoms with E-state index in [1.54, 1.807) is 12.3 Å². The maximum atomic E-state index is 11.5. The van der Waals surface area contributed by atoms with E-state index in [0.717, 1.165) is 30.5 Å². The molecule has 0 saturated heterocycles. The van der Waals surface area contributed by atoms with Gasteiger partial charge in [-0.25, -0.2) is 4.31 Å². The molecular weight excluding hydrogens is 232 g/mol. The largest absolute Gasteiger partial charge is 0.339 e. The summed E-state index contributed by atoms with van der Waals surface area (Å²) in [5, 5.41) is 8.71. The Balaban J connectivity index is 3.02. The second-order valence-corrected chi connectivity index (χ2v) is 4.36. The van der Waals surface area contributed by atoms with Gasteiger partial charge in [0, 0.05) is 6.26 Å². The van der Waals surface area contributed by atoms with Crippen molar-refractivity contribution in [1.82, 2.24) is 0 Å². The van der Waals surface area contributed by atoms with Crippen LogP contribution < -0.4 is 4.31 Å². The van der Waals surface area contributed by atoms with E-state index in [1.807, 2.05) is 24.3 Å². The van der Waals surface area contributed by atoms with Crippen molar-refractivity contribution < 1.29 is 4.79 Å². The van der Waals surface area contributed by atoms with Gasteiger partial charge in [-0.2, -0.15) is 5.26 Å². The fraction of sp³-hybridized carbons (Fsp3) is 0.385. The van der Waals surface area contributed by atoms with Crippen LogP contribution >= 0.6 is 11.9 Å². The molecule has 0 saturated carbocycles. The van der Waals surface area contributed by atoms with Crippen LogP contribution in [0.2, 0.25) is 0 Å². The van der Waals surface area contributed by atoms with E-state index in [-0.39, 0.29) is 0 Å². The number of nitrogens with zero attached hydrogens (tertiary/aromatic N) is 2. The number of nitriles is 1. The van der Waals surface area contributed by atoms with Gasteiger partial charge >= 0.3 is 5.91 Å². The summed E-state index contributed by atoms with van der Waals surface area (Å²) >= 11 is 1.26. The van der Waals surface area contributed by atoms with Crippen molar-refractivity contribution in [3.8, 4) is 6.07 Å². The van der Waals surface area contributed by atoms with Crippen molar-refractivity contribution in [1.29, 1.82) is 5.26 Å². The van der Waals surface area contributed by atoms with Gasteiger partial charge in [-0.05, 0) is 36.4 Å². The van der Waals surface area contributed by atoms with Crippen molar-refractivity contribution in [2.45, 2.75) is 26.2 Å². The summed E-state index contributed by atoms with van der Waals surface area (Å²) in [6.45, 7) is 2.13. The Kier molecular flexibility index (Phi) is 5.58. The Hall–Kier alpha value is -1.47. The van der Waals surface area contributed by atoms with Crippen LogP contribution in [-0.4, -0.2) is 12.2 Å². The Morgan fingerprint density at radius 2 is 2.18 bits per heavy atom. The number of para-hydroxylation sites is 1. The van der Waals surface area contributed by atoms with Crippen LogP contribution in [0.15, 0.2) is 24.3 Å². The minimum absolute atomic E-state index is 0.526. The Morgan fingerprint density at radius 3 is 2.76 bits per heavy atom. The maximum absolute atomic E-state index is 11.5. The molecule has 0 spiro atoms. The summed E-state index contributed by atoms with van der Waals surface area (Å²) in [4.78, 5) is 11.5. The van der Waals surface area contributed by atoms with Crippen LogP contribution in [0.3, 0.4) is 0 Å². The highest BCUT2D eigenvalue weighted by molar-refractivity contribution is 8.00. The lowest BCUT2D eigenvalue weighted by molar-refractivity contribution is -0.112. The van der Waals surface area contributed by atoms with E-state index in [9.17, 15) is 4.79 Å². The van der Waals surface area contributed by atoms with E-state index in [0.29, 0.717) is 0 Å². The van der Waals surface area contributed by atoms with E-state index >= 15 is 0 Å². The Morgan fingerprint density at radius 1 is 1.47 bits per heavy atom. The molecule has 0 aliphatic rings. The summed E-state index contributed by atoms with van der Waals surface area (Å²) in [6, 6.07) is 9.41. The number of carbonyl (C=O) groups excluding carboxylic acids is 1. The first kappa shape index (κ1) is 13.6. The zero-order valence-corrected chi connectivity index (χ0v) is 11.0. The molecule has 4 heteroatoms. The lowest BCUT2D eigenvalue weighted by Gasteiger charge is -2.19.